The second kappa shape index (κ2) is 12.5. The number of thiazole rings is 1. The van der Waals surface area contributed by atoms with Crippen LogP contribution in [-0.2, 0) is 32.2 Å². The molecule has 202 valence electrons. The molecule has 0 spiro atoms. The summed E-state index contributed by atoms with van der Waals surface area (Å²) in [5.41, 5.74) is 10.3. The van der Waals surface area contributed by atoms with Crippen molar-refractivity contribution in [1.82, 2.24) is 15.6 Å². The molecule has 0 aliphatic carbocycles. The topological polar surface area (TPSA) is 210 Å². The molecule has 37 heavy (non-hydrogen) atoms. The number of primary amides is 2. The smallest absolute Gasteiger partial charge is 0.244 e. The Bertz CT molecular complexity index is 1120. The SMILES string of the molecule is CC(C)C(Nc1ncc(CO)s1)(C(N)=O)[C@H](C)C(=O)N[C@@H](C)C(=O)N[C@@H](Cc1ccc(O)cc1)C(N)=O. The van der Waals surface area contributed by atoms with Crippen molar-refractivity contribution >= 4 is 40.1 Å². The van der Waals surface area contributed by atoms with Gasteiger partial charge in [0.1, 0.15) is 23.4 Å². The maximum Gasteiger partial charge on any atom is 0.244 e. The van der Waals surface area contributed by atoms with Gasteiger partial charge in [-0.25, -0.2) is 4.98 Å². The number of hydrogen-bond donors (Lipinski definition) is 7. The average Bonchev–Trinajstić information content (AvgIpc) is 3.29. The van der Waals surface area contributed by atoms with Crippen LogP contribution in [0.15, 0.2) is 30.5 Å². The minimum absolute atomic E-state index is 0.0560. The first-order valence-corrected chi connectivity index (χ1v) is 12.4. The van der Waals surface area contributed by atoms with Crippen molar-refractivity contribution in [3.63, 3.8) is 0 Å². The largest absolute Gasteiger partial charge is 0.508 e. The van der Waals surface area contributed by atoms with Crippen molar-refractivity contribution in [2.24, 2.45) is 23.3 Å². The van der Waals surface area contributed by atoms with E-state index in [-0.39, 0.29) is 18.8 Å². The van der Waals surface area contributed by atoms with Crippen LogP contribution in [0.4, 0.5) is 5.13 Å². The highest BCUT2D eigenvalue weighted by molar-refractivity contribution is 7.15. The molecule has 1 unspecified atom stereocenters. The highest BCUT2D eigenvalue weighted by atomic mass is 32.1. The molecule has 0 bridgehead atoms. The van der Waals surface area contributed by atoms with Crippen LogP contribution in [-0.4, -0.2) is 56.4 Å². The Kier molecular flexibility index (Phi) is 9.97. The third-order valence-corrected chi connectivity index (χ3v) is 7.10. The first-order chi connectivity index (χ1) is 17.3. The number of aliphatic hydroxyl groups excluding tert-OH is 1. The van der Waals surface area contributed by atoms with Crippen molar-refractivity contribution < 1.29 is 29.4 Å². The number of anilines is 1. The Hall–Kier alpha value is -3.71. The number of phenols is 1. The summed E-state index contributed by atoms with van der Waals surface area (Å²) in [6.45, 7) is 6.15. The van der Waals surface area contributed by atoms with Gasteiger partial charge < -0.3 is 37.6 Å². The molecule has 4 amide bonds. The van der Waals surface area contributed by atoms with Crippen molar-refractivity contribution in [1.29, 1.82) is 0 Å². The number of carbonyl (C=O) groups is 4. The number of aliphatic hydroxyl groups is 1. The van der Waals surface area contributed by atoms with Crippen LogP contribution in [0.5, 0.6) is 5.75 Å². The van der Waals surface area contributed by atoms with Gasteiger partial charge in [-0.05, 0) is 30.5 Å². The van der Waals surface area contributed by atoms with Crippen LogP contribution in [0.2, 0.25) is 0 Å². The number of phenolic OH excluding ortho intramolecular Hbond substituents is 1. The lowest BCUT2D eigenvalue weighted by atomic mass is 9.74. The molecular formula is C24H34N6O6S. The van der Waals surface area contributed by atoms with Crippen LogP contribution in [0.25, 0.3) is 0 Å². The monoisotopic (exact) mass is 534 g/mol. The standard InChI is InChI=1S/C24H34N6O6S/c1-12(2)24(22(26)36,30-23-27-10-17(11-31)37-23)13(3)20(34)28-14(4)21(35)29-18(19(25)33)9-15-5-7-16(32)8-6-15/h5-8,10,12-14,18,31-32H,9,11H2,1-4H3,(H2,25,33)(H2,26,36)(H,27,30)(H,28,34)(H,29,35)/t13-,14+,18+,24?/m1/s1. The van der Waals surface area contributed by atoms with E-state index in [1.807, 2.05) is 0 Å². The summed E-state index contributed by atoms with van der Waals surface area (Å²) in [5, 5.41) is 27.1. The first-order valence-electron chi connectivity index (χ1n) is 11.6. The van der Waals surface area contributed by atoms with Gasteiger partial charge in [0, 0.05) is 12.6 Å². The molecule has 1 heterocycles. The van der Waals surface area contributed by atoms with Gasteiger partial charge in [0.15, 0.2) is 5.13 Å². The summed E-state index contributed by atoms with van der Waals surface area (Å²) in [6, 6.07) is 3.96. The Morgan fingerprint density at radius 3 is 2.14 bits per heavy atom. The maximum atomic E-state index is 13.2. The van der Waals surface area contributed by atoms with Crippen LogP contribution in [0.3, 0.4) is 0 Å². The molecule has 12 nitrogen and oxygen atoms in total. The first kappa shape index (κ1) is 29.5. The fraction of sp³-hybridized carbons (Fsp3) is 0.458. The summed E-state index contributed by atoms with van der Waals surface area (Å²) < 4.78 is 0. The molecule has 9 N–H and O–H groups in total. The minimum Gasteiger partial charge on any atom is -0.508 e. The summed E-state index contributed by atoms with van der Waals surface area (Å²) >= 11 is 1.12. The fourth-order valence-electron chi connectivity index (χ4n) is 3.93. The molecule has 1 aromatic heterocycles. The zero-order chi connectivity index (χ0) is 27.9. The van der Waals surface area contributed by atoms with Crippen LogP contribution in [0.1, 0.15) is 38.1 Å². The molecule has 2 rings (SSSR count). The van der Waals surface area contributed by atoms with Crippen molar-refractivity contribution in [3.8, 4) is 5.75 Å². The maximum absolute atomic E-state index is 13.2. The second-order valence-electron chi connectivity index (χ2n) is 9.09. The fourth-order valence-corrected chi connectivity index (χ4v) is 4.67. The Labute approximate surface area is 218 Å². The normalized spacial score (nSPS) is 15.2. The van der Waals surface area contributed by atoms with E-state index in [1.165, 1.54) is 32.2 Å². The summed E-state index contributed by atoms with van der Waals surface area (Å²) in [4.78, 5) is 55.3. The number of amides is 4. The van der Waals surface area contributed by atoms with Gasteiger partial charge in [0.2, 0.25) is 23.6 Å². The lowest BCUT2D eigenvalue weighted by Crippen LogP contribution is -2.63. The number of aromatic hydroxyl groups is 1. The summed E-state index contributed by atoms with van der Waals surface area (Å²) in [5.74, 6) is -4.28. The minimum atomic E-state index is -1.56. The molecule has 0 radical (unpaired) electrons. The Morgan fingerprint density at radius 2 is 1.65 bits per heavy atom. The molecular weight excluding hydrogens is 500 g/mol. The van der Waals surface area contributed by atoms with E-state index in [2.05, 4.69) is 20.9 Å². The number of hydrogen-bond acceptors (Lipinski definition) is 9. The number of rotatable bonds is 13. The van der Waals surface area contributed by atoms with E-state index in [0.717, 1.165) is 11.3 Å². The highest BCUT2D eigenvalue weighted by Gasteiger charge is 2.49. The molecule has 4 atom stereocenters. The van der Waals surface area contributed by atoms with E-state index in [1.54, 1.807) is 26.0 Å². The van der Waals surface area contributed by atoms with E-state index in [4.69, 9.17) is 11.5 Å². The third kappa shape index (κ3) is 7.17. The summed E-state index contributed by atoms with van der Waals surface area (Å²) in [6.07, 6.45) is 1.54. The van der Waals surface area contributed by atoms with Crippen molar-refractivity contribution in [3.05, 3.63) is 40.9 Å². The van der Waals surface area contributed by atoms with E-state index in [9.17, 15) is 29.4 Å². The quantitative estimate of drug-likeness (QED) is 0.185. The molecule has 2 aromatic rings. The van der Waals surface area contributed by atoms with Crippen LogP contribution in [0, 0.1) is 11.8 Å². The molecule has 0 aliphatic rings. The van der Waals surface area contributed by atoms with E-state index >= 15 is 0 Å². The van der Waals surface area contributed by atoms with E-state index < -0.39 is 53.1 Å². The van der Waals surface area contributed by atoms with Gasteiger partial charge in [-0.1, -0.05) is 44.2 Å². The molecule has 13 heteroatoms. The zero-order valence-corrected chi connectivity index (χ0v) is 22.0. The molecule has 0 saturated heterocycles. The number of carbonyl (C=O) groups excluding carboxylic acids is 4. The predicted molar refractivity (Wildman–Crippen MR) is 138 cm³/mol. The predicted octanol–water partition coefficient (Wildman–Crippen LogP) is -0.0134. The van der Waals surface area contributed by atoms with Crippen molar-refractivity contribution in [2.45, 2.75) is 58.3 Å². The number of nitrogens with one attached hydrogen (secondary N) is 3. The van der Waals surface area contributed by atoms with Crippen LogP contribution < -0.4 is 27.4 Å². The third-order valence-electron chi connectivity index (χ3n) is 6.21. The highest BCUT2D eigenvalue weighted by Crippen LogP contribution is 2.33. The van der Waals surface area contributed by atoms with Gasteiger partial charge in [-0.3, -0.25) is 19.2 Å². The molecule has 0 fully saturated rings. The van der Waals surface area contributed by atoms with Gasteiger partial charge in [0.05, 0.1) is 17.4 Å². The Balaban J connectivity index is 2.15. The number of benzene rings is 1. The molecule has 0 saturated carbocycles. The van der Waals surface area contributed by atoms with Gasteiger partial charge in [0.25, 0.3) is 0 Å². The number of nitrogens with zero attached hydrogens (tertiary/aromatic N) is 1. The molecule has 1 aromatic carbocycles. The van der Waals surface area contributed by atoms with Gasteiger partial charge in [-0.15, -0.1) is 0 Å². The number of aromatic nitrogens is 1. The summed E-state index contributed by atoms with van der Waals surface area (Å²) in [7, 11) is 0. The zero-order valence-electron chi connectivity index (χ0n) is 21.1. The number of nitrogens with two attached hydrogens (primary N) is 2. The van der Waals surface area contributed by atoms with Crippen molar-refractivity contribution in [2.75, 3.05) is 5.32 Å². The lowest BCUT2D eigenvalue weighted by molar-refractivity contribution is -0.137. The Morgan fingerprint density at radius 1 is 1.03 bits per heavy atom. The van der Waals surface area contributed by atoms with Crippen LogP contribution >= 0.6 is 11.3 Å². The second-order valence-corrected chi connectivity index (χ2v) is 10.2. The average molecular weight is 535 g/mol. The van der Waals surface area contributed by atoms with E-state index in [0.29, 0.717) is 15.6 Å². The van der Waals surface area contributed by atoms with Gasteiger partial charge >= 0.3 is 0 Å². The lowest BCUT2D eigenvalue weighted by Gasteiger charge is -2.40. The molecule has 0 aliphatic heterocycles. The van der Waals surface area contributed by atoms with Gasteiger partial charge in [-0.2, -0.15) is 0 Å².